The highest BCUT2D eigenvalue weighted by atomic mass is 35.5. The molecule has 0 spiro atoms. The lowest BCUT2D eigenvalue weighted by Crippen LogP contribution is -2.25. The molecule has 2 N–H and O–H groups in total. The van der Waals surface area contributed by atoms with Crippen LogP contribution in [0.2, 0.25) is 5.02 Å². The molecular formula is C17H14ClN3O4. The van der Waals surface area contributed by atoms with Crippen molar-refractivity contribution in [1.82, 2.24) is 5.32 Å². The van der Waals surface area contributed by atoms with Gasteiger partial charge in [0.1, 0.15) is 5.56 Å². The Morgan fingerprint density at radius 2 is 1.88 bits per heavy atom. The molecule has 0 radical (unpaired) electrons. The van der Waals surface area contributed by atoms with Gasteiger partial charge in [-0.3, -0.25) is 19.7 Å². The lowest BCUT2D eigenvalue weighted by atomic mass is 10.1. The van der Waals surface area contributed by atoms with Crippen LogP contribution in [0.1, 0.15) is 20.7 Å². The molecule has 2 rings (SSSR count). The Morgan fingerprint density at radius 3 is 2.56 bits per heavy atom. The summed E-state index contributed by atoms with van der Waals surface area (Å²) in [5.74, 6) is -1.14. The summed E-state index contributed by atoms with van der Waals surface area (Å²) in [6, 6.07) is 10.0. The number of carbonyl (C=O) groups is 2. The number of carbonyl (C=O) groups excluding carboxylic acids is 2. The SMILES string of the molecule is C=CCNC(=O)c1ccccc1NC(=O)c1cc(Cl)ccc1[N+](=O)[O-]. The summed E-state index contributed by atoms with van der Waals surface area (Å²) >= 11 is 5.83. The van der Waals surface area contributed by atoms with Crippen LogP contribution in [0.15, 0.2) is 55.1 Å². The maximum absolute atomic E-state index is 12.5. The Bertz CT molecular complexity index is 852. The van der Waals surface area contributed by atoms with Crippen molar-refractivity contribution in [3.8, 4) is 0 Å². The van der Waals surface area contributed by atoms with Crippen LogP contribution in [-0.4, -0.2) is 23.3 Å². The van der Waals surface area contributed by atoms with Gasteiger partial charge in [0, 0.05) is 17.6 Å². The predicted molar refractivity (Wildman–Crippen MR) is 95.0 cm³/mol. The number of nitrogens with one attached hydrogen (secondary N) is 2. The normalized spacial score (nSPS) is 9.96. The van der Waals surface area contributed by atoms with Crippen molar-refractivity contribution in [3.63, 3.8) is 0 Å². The standard InChI is InChI=1S/C17H14ClN3O4/c1-2-9-19-16(22)12-5-3-4-6-14(12)20-17(23)13-10-11(18)7-8-15(13)21(24)25/h2-8,10H,1,9H2,(H,19,22)(H,20,23). The first-order valence-corrected chi connectivity index (χ1v) is 7.55. The molecule has 128 valence electrons. The molecule has 0 aromatic heterocycles. The van der Waals surface area contributed by atoms with E-state index >= 15 is 0 Å². The molecule has 7 nitrogen and oxygen atoms in total. The third-order valence-electron chi connectivity index (χ3n) is 3.23. The van der Waals surface area contributed by atoms with Gasteiger partial charge in [-0.1, -0.05) is 29.8 Å². The molecule has 2 aromatic carbocycles. The van der Waals surface area contributed by atoms with Crippen molar-refractivity contribution < 1.29 is 14.5 Å². The second kappa shape index (κ2) is 8.07. The van der Waals surface area contributed by atoms with Crippen LogP contribution in [0.5, 0.6) is 0 Å². The summed E-state index contributed by atoms with van der Waals surface area (Å²) < 4.78 is 0. The maximum atomic E-state index is 12.5. The van der Waals surface area contributed by atoms with Gasteiger partial charge in [-0.25, -0.2) is 0 Å². The number of hydrogen-bond donors (Lipinski definition) is 2. The van der Waals surface area contributed by atoms with Gasteiger partial charge in [0.15, 0.2) is 0 Å². The number of nitrogens with zero attached hydrogens (tertiary/aromatic N) is 1. The fourth-order valence-electron chi connectivity index (χ4n) is 2.09. The molecule has 0 aliphatic rings. The quantitative estimate of drug-likeness (QED) is 0.468. The van der Waals surface area contributed by atoms with E-state index in [-0.39, 0.29) is 34.1 Å². The second-order valence-corrected chi connectivity index (χ2v) is 5.35. The zero-order valence-electron chi connectivity index (χ0n) is 13.0. The molecule has 0 atom stereocenters. The number of halogens is 1. The van der Waals surface area contributed by atoms with Crippen LogP contribution in [0.4, 0.5) is 11.4 Å². The Labute approximate surface area is 148 Å². The summed E-state index contributed by atoms with van der Waals surface area (Å²) in [7, 11) is 0. The zero-order chi connectivity index (χ0) is 18.4. The number of nitro benzene ring substituents is 1. The van der Waals surface area contributed by atoms with E-state index in [2.05, 4.69) is 17.2 Å². The number of nitro groups is 1. The van der Waals surface area contributed by atoms with Gasteiger partial charge >= 0.3 is 0 Å². The topological polar surface area (TPSA) is 101 Å². The Hall–Kier alpha value is -3.19. The van der Waals surface area contributed by atoms with Crippen molar-refractivity contribution in [2.45, 2.75) is 0 Å². The molecule has 25 heavy (non-hydrogen) atoms. The number of hydrogen-bond acceptors (Lipinski definition) is 4. The lowest BCUT2D eigenvalue weighted by Gasteiger charge is -2.11. The molecular weight excluding hydrogens is 346 g/mol. The first kappa shape index (κ1) is 18.2. The first-order chi connectivity index (χ1) is 11.9. The van der Waals surface area contributed by atoms with Crippen LogP contribution >= 0.6 is 11.6 Å². The summed E-state index contributed by atoms with van der Waals surface area (Å²) in [5, 5.41) is 16.4. The summed E-state index contributed by atoms with van der Waals surface area (Å²) in [5.41, 5.74) is -0.125. The number of anilines is 1. The number of para-hydroxylation sites is 1. The fourth-order valence-corrected chi connectivity index (χ4v) is 2.26. The summed E-state index contributed by atoms with van der Waals surface area (Å²) in [6.45, 7) is 3.78. The highest BCUT2D eigenvalue weighted by Crippen LogP contribution is 2.24. The van der Waals surface area contributed by atoms with E-state index in [4.69, 9.17) is 11.6 Å². The minimum atomic E-state index is -0.738. The number of rotatable bonds is 6. The van der Waals surface area contributed by atoms with E-state index in [0.29, 0.717) is 0 Å². The van der Waals surface area contributed by atoms with Gasteiger partial charge in [0.25, 0.3) is 17.5 Å². The third kappa shape index (κ3) is 4.42. The van der Waals surface area contributed by atoms with E-state index in [0.717, 1.165) is 6.07 Å². The van der Waals surface area contributed by atoms with Crippen LogP contribution in [0.25, 0.3) is 0 Å². The van der Waals surface area contributed by atoms with Gasteiger partial charge in [0.05, 0.1) is 16.2 Å². The van der Waals surface area contributed by atoms with Gasteiger partial charge < -0.3 is 10.6 Å². The van der Waals surface area contributed by atoms with Crippen molar-refractivity contribution in [3.05, 3.63) is 81.4 Å². The highest BCUT2D eigenvalue weighted by Gasteiger charge is 2.22. The van der Waals surface area contributed by atoms with Crippen molar-refractivity contribution in [1.29, 1.82) is 0 Å². The van der Waals surface area contributed by atoms with Gasteiger partial charge in [-0.2, -0.15) is 0 Å². The maximum Gasteiger partial charge on any atom is 0.282 e. The molecule has 0 heterocycles. The smallest absolute Gasteiger partial charge is 0.282 e. The average molecular weight is 360 g/mol. The minimum Gasteiger partial charge on any atom is -0.349 e. The van der Waals surface area contributed by atoms with E-state index in [1.165, 1.54) is 30.3 Å². The van der Waals surface area contributed by atoms with E-state index in [9.17, 15) is 19.7 Å². The van der Waals surface area contributed by atoms with Crippen LogP contribution < -0.4 is 10.6 Å². The fraction of sp³-hybridized carbons (Fsp3) is 0.0588. The first-order valence-electron chi connectivity index (χ1n) is 7.17. The van der Waals surface area contributed by atoms with Gasteiger partial charge in [-0.15, -0.1) is 6.58 Å². The minimum absolute atomic E-state index is 0.188. The zero-order valence-corrected chi connectivity index (χ0v) is 13.7. The van der Waals surface area contributed by atoms with E-state index < -0.39 is 16.7 Å². The van der Waals surface area contributed by atoms with E-state index in [1.54, 1.807) is 12.1 Å². The third-order valence-corrected chi connectivity index (χ3v) is 3.46. The molecule has 0 saturated carbocycles. The summed E-state index contributed by atoms with van der Waals surface area (Å²) in [6.07, 6.45) is 1.52. The molecule has 0 aliphatic carbocycles. The molecule has 0 saturated heterocycles. The number of amides is 2. The molecule has 0 aliphatic heterocycles. The van der Waals surface area contributed by atoms with Crippen LogP contribution in [0.3, 0.4) is 0 Å². The van der Waals surface area contributed by atoms with Crippen molar-refractivity contribution in [2.24, 2.45) is 0 Å². The van der Waals surface area contributed by atoms with Crippen molar-refractivity contribution in [2.75, 3.05) is 11.9 Å². The molecule has 2 amide bonds. The highest BCUT2D eigenvalue weighted by molar-refractivity contribution is 6.31. The van der Waals surface area contributed by atoms with Crippen LogP contribution in [0, 0.1) is 10.1 Å². The monoisotopic (exact) mass is 359 g/mol. The van der Waals surface area contributed by atoms with Crippen molar-refractivity contribution >= 4 is 34.8 Å². The molecule has 2 aromatic rings. The largest absolute Gasteiger partial charge is 0.349 e. The Morgan fingerprint density at radius 1 is 1.16 bits per heavy atom. The summed E-state index contributed by atoms with van der Waals surface area (Å²) in [4.78, 5) is 35.0. The molecule has 8 heteroatoms. The van der Waals surface area contributed by atoms with Gasteiger partial charge in [0.2, 0.25) is 0 Å². The predicted octanol–water partition coefficient (Wildman–Crippen LogP) is 3.42. The number of benzene rings is 2. The second-order valence-electron chi connectivity index (χ2n) is 4.92. The van der Waals surface area contributed by atoms with Crippen LogP contribution in [-0.2, 0) is 0 Å². The van der Waals surface area contributed by atoms with Gasteiger partial charge in [-0.05, 0) is 24.3 Å². The Balaban J connectivity index is 2.33. The molecule has 0 fully saturated rings. The average Bonchev–Trinajstić information content (AvgIpc) is 2.59. The molecule has 0 bridgehead atoms. The van der Waals surface area contributed by atoms with E-state index in [1.807, 2.05) is 0 Å². The Kier molecular flexibility index (Phi) is 5.86. The molecule has 0 unspecified atom stereocenters. The lowest BCUT2D eigenvalue weighted by molar-refractivity contribution is -0.385.